The number of aromatic nitrogens is 1. The molecule has 0 aliphatic rings. The first-order chi connectivity index (χ1) is 9.58. The minimum Gasteiger partial charge on any atom is -0.478 e. The Morgan fingerprint density at radius 3 is 2.50 bits per heavy atom. The lowest BCUT2D eigenvalue weighted by molar-refractivity contribution is 0.0696. The quantitative estimate of drug-likeness (QED) is 0.800. The largest absolute Gasteiger partial charge is 0.478 e. The molecule has 20 heavy (non-hydrogen) atoms. The zero-order valence-corrected chi connectivity index (χ0v) is 11.9. The molecule has 0 aliphatic carbocycles. The molecule has 1 aromatic heterocycles. The van der Waals surface area contributed by atoms with Crippen molar-refractivity contribution in [1.29, 1.82) is 0 Å². The van der Waals surface area contributed by atoms with Gasteiger partial charge in [-0.05, 0) is 25.0 Å². The maximum absolute atomic E-state index is 12.0. The molecule has 0 saturated carbocycles. The van der Waals surface area contributed by atoms with Gasteiger partial charge in [0.2, 0.25) is 0 Å². The second kappa shape index (κ2) is 8.14. The van der Waals surface area contributed by atoms with Crippen LogP contribution in [-0.2, 0) is 6.54 Å². The normalized spacial score (nSPS) is 10.1. The second-order valence-electron chi connectivity index (χ2n) is 4.49. The fourth-order valence-corrected chi connectivity index (χ4v) is 1.84. The molecule has 0 aliphatic heterocycles. The predicted molar refractivity (Wildman–Crippen MR) is 75.6 cm³/mol. The van der Waals surface area contributed by atoms with E-state index in [1.165, 1.54) is 18.3 Å². The van der Waals surface area contributed by atoms with Gasteiger partial charge in [-0.15, -0.1) is 0 Å². The highest BCUT2D eigenvalue weighted by Gasteiger charge is 2.11. The monoisotopic (exact) mass is 279 g/mol. The summed E-state index contributed by atoms with van der Waals surface area (Å²) in [6.07, 6.45) is 3.24. The summed E-state index contributed by atoms with van der Waals surface area (Å²) in [4.78, 5) is 28.6. The van der Waals surface area contributed by atoms with Crippen molar-refractivity contribution in [2.75, 3.05) is 13.1 Å². The van der Waals surface area contributed by atoms with Crippen LogP contribution in [0.15, 0.2) is 18.3 Å². The Morgan fingerprint density at radius 2 is 1.95 bits per heavy atom. The highest BCUT2D eigenvalue weighted by Crippen LogP contribution is 2.02. The zero-order chi connectivity index (χ0) is 15.0. The van der Waals surface area contributed by atoms with E-state index in [4.69, 9.17) is 5.11 Å². The fourth-order valence-electron chi connectivity index (χ4n) is 1.84. The van der Waals surface area contributed by atoms with Crippen molar-refractivity contribution in [3.8, 4) is 0 Å². The molecule has 1 heterocycles. The SMILES string of the molecule is CCCN(CCC)C(=O)NCc1cc(C(=O)O)ccn1. The summed E-state index contributed by atoms with van der Waals surface area (Å²) in [5, 5.41) is 11.7. The molecule has 2 N–H and O–H groups in total. The number of carbonyl (C=O) groups excluding carboxylic acids is 1. The molecular formula is C14H21N3O3. The summed E-state index contributed by atoms with van der Waals surface area (Å²) in [6, 6.07) is 2.75. The van der Waals surface area contributed by atoms with Crippen LogP contribution in [0.25, 0.3) is 0 Å². The molecule has 2 amide bonds. The maximum atomic E-state index is 12.0. The molecular weight excluding hydrogens is 258 g/mol. The molecule has 0 aromatic carbocycles. The standard InChI is InChI=1S/C14H21N3O3/c1-3-7-17(8-4-2)14(20)16-10-12-9-11(13(18)19)5-6-15-12/h5-6,9H,3-4,7-8,10H2,1-2H3,(H,16,20)(H,18,19). The first-order valence-corrected chi connectivity index (χ1v) is 6.79. The third kappa shape index (κ3) is 4.87. The summed E-state index contributed by atoms with van der Waals surface area (Å²) in [7, 11) is 0. The van der Waals surface area contributed by atoms with Crippen molar-refractivity contribution < 1.29 is 14.7 Å². The van der Waals surface area contributed by atoms with Crippen LogP contribution in [0.1, 0.15) is 42.7 Å². The molecule has 6 nitrogen and oxygen atoms in total. The highest BCUT2D eigenvalue weighted by molar-refractivity contribution is 5.87. The van der Waals surface area contributed by atoms with Gasteiger partial charge < -0.3 is 15.3 Å². The molecule has 0 bridgehead atoms. The van der Waals surface area contributed by atoms with E-state index in [0.29, 0.717) is 18.8 Å². The van der Waals surface area contributed by atoms with Gasteiger partial charge in [0.15, 0.2) is 0 Å². The summed E-state index contributed by atoms with van der Waals surface area (Å²) in [5.41, 5.74) is 0.703. The maximum Gasteiger partial charge on any atom is 0.335 e. The van der Waals surface area contributed by atoms with E-state index >= 15 is 0 Å². The van der Waals surface area contributed by atoms with Crippen molar-refractivity contribution >= 4 is 12.0 Å². The lowest BCUT2D eigenvalue weighted by atomic mass is 10.2. The number of carboxylic acids is 1. The Balaban J connectivity index is 2.59. The first-order valence-electron chi connectivity index (χ1n) is 6.79. The summed E-state index contributed by atoms with van der Waals surface area (Å²) in [5.74, 6) is -1.00. The molecule has 0 spiro atoms. The Bertz CT molecular complexity index is 457. The Kier molecular flexibility index (Phi) is 6.49. The lowest BCUT2D eigenvalue weighted by Gasteiger charge is -2.21. The van der Waals surface area contributed by atoms with E-state index in [1.807, 2.05) is 13.8 Å². The van der Waals surface area contributed by atoms with E-state index in [9.17, 15) is 9.59 Å². The molecule has 1 aromatic rings. The predicted octanol–water partition coefficient (Wildman–Crippen LogP) is 2.11. The number of amides is 2. The number of pyridine rings is 1. The van der Waals surface area contributed by atoms with Crippen LogP contribution in [0, 0.1) is 0 Å². The van der Waals surface area contributed by atoms with Gasteiger partial charge in [-0.1, -0.05) is 13.8 Å². The van der Waals surface area contributed by atoms with Crippen molar-refractivity contribution in [3.05, 3.63) is 29.6 Å². The molecule has 0 saturated heterocycles. The lowest BCUT2D eigenvalue weighted by Crippen LogP contribution is -2.40. The molecule has 0 radical (unpaired) electrons. The van der Waals surface area contributed by atoms with Crippen LogP contribution < -0.4 is 5.32 Å². The van der Waals surface area contributed by atoms with Crippen LogP contribution in [0.5, 0.6) is 0 Å². The molecule has 0 unspecified atom stereocenters. The van der Waals surface area contributed by atoms with E-state index in [-0.39, 0.29) is 18.1 Å². The number of aromatic carboxylic acids is 1. The number of hydrogen-bond acceptors (Lipinski definition) is 3. The van der Waals surface area contributed by atoms with Crippen LogP contribution >= 0.6 is 0 Å². The number of carbonyl (C=O) groups is 2. The number of hydrogen-bond donors (Lipinski definition) is 2. The topological polar surface area (TPSA) is 82.5 Å². The van der Waals surface area contributed by atoms with Crippen LogP contribution in [-0.4, -0.2) is 40.1 Å². The van der Waals surface area contributed by atoms with Gasteiger partial charge in [-0.2, -0.15) is 0 Å². The second-order valence-corrected chi connectivity index (χ2v) is 4.49. The van der Waals surface area contributed by atoms with Gasteiger partial charge in [0.1, 0.15) is 0 Å². The minimum atomic E-state index is -1.00. The van der Waals surface area contributed by atoms with Gasteiger partial charge in [0.05, 0.1) is 17.8 Å². The molecule has 0 fully saturated rings. The number of carboxylic acid groups (broad SMARTS) is 1. The highest BCUT2D eigenvalue weighted by atomic mass is 16.4. The average Bonchev–Trinajstić information content (AvgIpc) is 2.45. The molecule has 110 valence electrons. The molecule has 1 rings (SSSR count). The number of rotatable bonds is 7. The van der Waals surface area contributed by atoms with E-state index in [0.717, 1.165) is 12.8 Å². The van der Waals surface area contributed by atoms with Crippen molar-refractivity contribution in [1.82, 2.24) is 15.2 Å². The van der Waals surface area contributed by atoms with Crippen molar-refractivity contribution in [2.24, 2.45) is 0 Å². The van der Waals surface area contributed by atoms with Gasteiger partial charge in [-0.3, -0.25) is 4.98 Å². The molecule has 6 heteroatoms. The summed E-state index contributed by atoms with van der Waals surface area (Å²) in [6.45, 7) is 5.69. The first kappa shape index (κ1) is 15.9. The van der Waals surface area contributed by atoms with Gasteiger partial charge in [0.25, 0.3) is 0 Å². The Hall–Kier alpha value is -2.11. The van der Waals surface area contributed by atoms with E-state index < -0.39 is 5.97 Å². The Morgan fingerprint density at radius 1 is 1.30 bits per heavy atom. The summed E-state index contributed by atoms with van der Waals surface area (Å²) < 4.78 is 0. The number of nitrogens with zero attached hydrogens (tertiary/aromatic N) is 2. The number of nitrogens with one attached hydrogen (secondary N) is 1. The zero-order valence-electron chi connectivity index (χ0n) is 11.9. The Labute approximate surface area is 118 Å². The third-order valence-electron chi connectivity index (χ3n) is 2.76. The van der Waals surface area contributed by atoms with Gasteiger partial charge >= 0.3 is 12.0 Å². The van der Waals surface area contributed by atoms with Gasteiger partial charge in [0, 0.05) is 19.3 Å². The summed E-state index contributed by atoms with van der Waals surface area (Å²) >= 11 is 0. The van der Waals surface area contributed by atoms with Crippen LogP contribution in [0.4, 0.5) is 4.79 Å². The van der Waals surface area contributed by atoms with E-state index in [1.54, 1.807) is 4.90 Å². The average molecular weight is 279 g/mol. The van der Waals surface area contributed by atoms with Crippen LogP contribution in [0.3, 0.4) is 0 Å². The van der Waals surface area contributed by atoms with E-state index in [2.05, 4.69) is 10.3 Å². The molecule has 0 atom stereocenters. The smallest absolute Gasteiger partial charge is 0.335 e. The number of urea groups is 1. The minimum absolute atomic E-state index is 0.142. The van der Waals surface area contributed by atoms with Gasteiger partial charge in [-0.25, -0.2) is 9.59 Å². The van der Waals surface area contributed by atoms with Crippen molar-refractivity contribution in [3.63, 3.8) is 0 Å². The third-order valence-corrected chi connectivity index (χ3v) is 2.76. The van der Waals surface area contributed by atoms with Crippen LogP contribution in [0.2, 0.25) is 0 Å². The van der Waals surface area contributed by atoms with Crippen molar-refractivity contribution in [2.45, 2.75) is 33.2 Å². The fraction of sp³-hybridized carbons (Fsp3) is 0.500.